The molecule has 0 unspecified atom stereocenters. The zero-order valence-electron chi connectivity index (χ0n) is 10.7. The number of thioether (sulfide) groups is 1. The van der Waals surface area contributed by atoms with Gasteiger partial charge in [-0.25, -0.2) is 9.59 Å². The number of nitrogens with one attached hydrogen (secondary N) is 2. The molecule has 0 bridgehead atoms. The molecule has 0 aromatic heterocycles. The fourth-order valence-electron chi connectivity index (χ4n) is 1.37. The smallest absolute Gasteiger partial charge is 0.337 e. The molecule has 0 heterocycles. The second-order valence-corrected chi connectivity index (χ2v) is 4.58. The van der Waals surface area contributed by atoms with Crippen LogP contribution >= 0.6 is 11.8 Å². The molecule has 7 heteroatoms. The molecule has 1 aromatic carbocycles. The number of ether oxygens (including phenoxy) is 1. The number of urea groups is 1. The molecule has 0 saturated heterocycles. The van der Waals surface area contributed by atoms with E-state index >= 15 is 0 Å². The third kappa shape index (κ3) is 4.70. The third-order valence-corrected chi connectivity index (χ3v) is 2.91. The maximum absolute atomic E-state index is 11.6. The topological polar surface area (TPSA) is 87.7 Å². The normalized spacial score (nSPS) is 9.79. The van der Waals surface area contributed by atoms with E-state index < -0.39 is 12.0 Å². The van der Waals surface area contributed by atoms with Crippen LogP contribution < -0.4 is 15.4 Å². The fourth-order valence-corrected chi connectivity index (χ4v) is 1.68. The molecule has 0 saturated carbocycles. The minimum atomic E-state index is -1.13. The molecule has 2 amide bonds. The van der Waals surface area contributed by atoms with Crippen LogP contribution in [0.4, 0.5) is 10.5 Å². The van der Waals surface area contributed by atoms with E-state index in [1.807, 2.05) is 6.26 Å². The van der Waals surface area contributed by atoms with Crippen molar-refractivity contribution in [3.8, 4) is 5.75 Å². The molecule has 1 aromatic rings. The zero-order chi connectivity index (χ0) is 14.3. The molecule has 0 aliphatic rings. The molecule has 0 atom stereocenters. The first-order valence-corrected chi connectivity index (χ1v) is 6.93. The molecule has 0 spiro atoms. The maximum Gasteiger partial charge on any atom is 0.337 e. The van der Waals surface area contributed by atoms with Gasteiger partial charge in [-0.2, -0.15) is 11.8 Å². The number of benzene rings is 1. The predicted molar refractivity (Wildman–Crippen MR) is 75.4 cm³/mol. The molecule has 3 N–H and O–H groups in total. The highest BCUT2D eigenvalue weighted by molar-refractivity contribution is 7.98. The number of aromatic carboxylic acids is 1. The van der Waals surface area contributed by atoms with Gasteiger partial charge < -0.3 is 20.5 Å². The van der Waals surface area contributed by atoms with Crippen molar-refractivity contribution < 1.29 is 19.4 Å². The van der Waals surface area contributed by atoms with Gasteiger partial charge in [-0.15, -0.1) is 0 Å². The van der Waals surface area contributed by atoms with Gasteiger partial charge in [0.25, 0.3) is 0 Å². The van der Waals surface area contributed by atoms with Crippen molar-refractivity contribution in [3.05, 3.63) is 23.8 Å². The Morgan fingerprint density at radius 3 is 2.74 bits per heavy atom. The molecule has 0 radical (unpaired) electrons. The number of hydrogen-bond acceptors (Lipinski definition) is 4. The van der Waals surface area contributed by atoms with Gasteiger partial charge in [0, 0.05) is 12.3 Å². The van der Waals surface area contributed by atoms with E-state index in [1.165, 1.54) is 19.2 Å². The van der Waals surface area contributed by atoms with E-state index in [9.17, 15) is 9.59 Å². The second kappa shape index (κ2) is 7.52. The van der Waals surface area contributed by atoms with Gasteiger partial charge in [0.05, 0.1) is 18.4 Å². The Morgan fingerprint density at radius 1 is 1.42 bits per heavy atom. The van der Waals surface area contributed by atoms with Crippen LogP contribution in [-0.2, 0) is 0 Å². The lowest BCUT2D eigenvalue weighted by Gasteiger charge is -2.10. The van der Waals surface area contributed by atoms with Gasteiger partial charge in [0.1, 0.15) is 5.75 Å². The van der Waals surface area contributed by atoms with Crippen LogP contribution in [-0.4, -0.2) is 42.8 Å². The van der Waals surface area contributed by atoms with Crippen LogP contribution in [0.15, 0.2) is 18.2 Å². The summed E-state index contributed by atoms with van der Waals surface area (Å²) in [7, 11) is 1.45. The van der Waals surface area contributed by atoms with Crippen LogP contribution in [0.5, 0.6) is 5.75 Å². The van der Waals surface area contributed by atoms with Crippen molar-refractivity contribution in [1.82, 2.24) is 5.32 Å². The Bertz CT molecular complexity index is 465. The van der Waals surface area contributed by atoms with E-state index in [2.05, 4.69) is 10.6 Å². The van der Waals surface area contributed by atoms with Gasteiger partial charge in [-0.3, -0.25) is 0 Å². The van der Waals surface area contributed by atoms with Gasteiger partial charge in [0.15, 0.2) is 0 Å². The van der Waals surface area contributed by atoms with Gasteiger partial charge in [-0.1, -0.05) is 0 Å². The summed E-state index contributed by atoms with van der Waals surface area (Å²) in [4.78, 5) is 22.7. The Morgan fingerprint density at radius 2 is 2.16 bits per heavy atom. The minimum Gasteiger partial charge on any atom is -0.497 e. The first-order valence-electron chi connectivity index (χ1n) is 5.53. The summed E-state index contributed by atoms with van der Waals surface area (Å²) in [6.45, 7) is 0.519. The van der Waals surface area contributed by atoms with E-state index in [0.717, 1.165) is 5.75 Å². The van der Waals surface area contributed by atoms with E-state index in [0.29, 0.717) is 12.3 Å². The first kappa shape index (κ1) is 15.2. The molecule has 0 aliphatic carbocycles. The number of carbonyl (C=O) groups is 2. The molecule has 1 rings (SSSR count). The van der Waals surface area contributed by atoms with E-state index in [1.54, 1.807) is 17.8 Å². The number of methoxy groups -OCH3 is 1. The lowest BCUT2D eigenvalue weighted by Crippen LogP contribution is -2.31. The van der Waals surface area contributed by atoms with Crippen molar-refractivity contribution in [2.24, 2.45) is 0 Å². The number of anilines is 1. The number of carboxylic acids is 1. The predicted octanol–water partition coefficient (Wildman–Crippen LogP) is 1.88. The van der Waals surface area contributed by atoms with Crippen LogP contribution in [0.2, 0.25) is 0 Å². The van der Waals surface area contributed by atoms with Gasteiger partial charge >= 0.3 is 12.0 Å². The van der Waals surface area contributed by atoms with Crippen molar-refractivity contribution in [2.75, 3.05) is 31.0 Å². The Kier molecular flexibility index (Phi) is 6.01. The average Bonchev–Trinajstić information content (AvgIpc) is 2.39. The quantitative estimate of drug-likeness (QED) is 0.694. The Balaban J connectivity index is 2.77. The monoisotopic (exact) mass is 284 g/mol. The summed E-state index contributed by atoms with van der Waals surface area (Å²) in [5.41, 5.74) is 0.217. The lowest BCUT2D eigenvalue weighted by atomic mass is 10.1. The third-order valence-electron chi connectivity index (χ3n) is 2.30. The molecular formula is C12H16N2O4S. The minimum absolute atomic E-state index is 0.0145. The van der Waals surface area contributed by atoms with Gasteiger partial charge in [-0.05, 0) is 24.5 Å². The summed E-state index contributed by atoms with van der Waals surface area (Å²) in [5.74, 6) is 0.0889. The van der Waals surface area contributed by atoms with Crippen LogP contribution in [0, 0.1) is 0 Å². The van der Waals surface area contributed by atoms with Crippen LogP contribution in [0.3, 0.4) is 0 Å². The summed E-state index contributed by atoms with van der Waals surface area (Å²) in [6, 6.07) is 4.02. The van der Waals surface area contributed by atoms with Crippen molar-refractivity contribution in [2.45, 2.75) is 0 Å². The molecular weight excluding hydrogens is 268 g/mol. The average molecular weight is 284 g/mol. The molecule has 19 heavy (non-hydrogen) atoms. The number of rotatable bonds is 6. The number of carboxylic acid groups (broad SMARTS) is 1. The molecule has 104 valence electrons. The highest BCUT2D eigenvalue weighted by Crippen LogP contribution is 2.22. The maximum atomic E-state index is 11.6. The van der Waals surface area contributed by atoms with Crippen molar-refractivity contribution >= 4 is 29.4 Å². The summed E-state index contributed by atoms with van der Waals surface area (Å²) >= 11 is 1.61. The SMILES string of the molecule is COc1ccc(NC(=O)NCCSC)c(C(=O)O)c1. The molecule has 6 nitrogen and oxygen atoms in total. The van der Waals surface area contributed by atoms with E-state index in [4.69, 9.17) is 9.84 Å². The Labute approximate surface area is 115 Å². The Hall–Kier alpha value is -1.89. The largest absolute Gasteiger partial charge is 0.497 e. The van der Waals surface area contributed by atoms with Crippen LogP contribution in [0.1, 0.15) is 10.4 Å². The highest BCUT2D eigenvalue weighted by Gasteiger charge is 2.13. The lowest BCUT2D eigenvalue weighted by molar-refractivity contribution is 0.0697. The fraction of sp³-hybridized carbons (Fsp3) is 0.333. The van der Waals surface area contributed by atoms with Crippen molar-refractivity contribution in [1.29, 1.82) is 0 Å². The second-order valence-electron chi connectivity index (χ2n) is 3.59. The zero-order valence-corrected chi connectivity index (χ0v) is 11.5. The number of amides is 2. The van der Waals surface area contributed by atoms with Crippen LogP contribution in [0.25, 0.3) is 0 Å². The summed E-state index contributed by atoms with van der Waals surface area (Å²) in [5, 5.41) is 14.2. The standard InChI is InChI=1S/C12H16N2O4S/c1-18-8-3-4-10(9(7-8)11(15)16)14-12(17)13-5-6-19-2/h3-4,7H,5-6H2,1-2H3,(H,15,16)(H2,13,14,17). The number of carbonyl (C=O) groups excluding carboxylic acids is 1. The van der Waals surface area contributed by atoms with E-state index in [-0.39, 0.29) is 11.3 Å². The summed E-state index contributed by atoms with van der Waals surface area (Å²) in [6.07, 6.45) is 1.94. The molecule has 0 fully saturated rings. The first-order chi connectivity index (χ1) is 9.08. The molecule has 0 aliphatic heterocycles. The highest BCUT2D eigenvalue weighted by atomic mass is 32.2. The van der Waals surface area contributed by atoms with Crippen molar-refractivity contribution in [3.63, 3.8) is 0 Å². The van der Waals surface area contributed by atoms with Gasteiger partial charge in [0.2, 0.25) is 0 Å². The summed E-state index contributed by atoms with van der Waals surface area (Å²) < 4.78 is 4.95. The number of hydrogen-bond donors (Lipinski definition) is 3.